The molecule has 2 amide bonds. The molecule has 32 heavy (non-hydrogen) atoms. The van der Waals surface area contributed by atoms with Crippen LogP contribution in [0.4, 0.5) is 4.79 Å². The minimum Gasteiger partial charge on any atom is -0.468 e. The standard InChI is InChI=1S/C22H28N4O6/c1-4-12-32-18(27)17-15(2)26(24-20(23)29)22(30)10-11-25(13-16-8-6-5-7-9-16)14-21(17,22)19(28)31-3/h4-9,30H,1,10-14H2,2-3H3,(H3,23,24,29). The summed E-state index contributed by atoms with van der Waals surface area (Å²) in [7, 11) is 1.18. The van der Waals surface area contributed by atoms with Gasteiger partial charge in [-0.25, -0.2) is 15.0 Å². The first-order valence-electron chi connectivity index (χ1n) is 10.1. The molecule has 1 aromatic rings. The molecule has 10 nitrogen and oxygen atoms in total. The number of aliphatic hydroxyl groups is 1. The van der Waals surface area contributed by atoms with Crippen molar-refractivity contribution in [3.8, 4) is 0 Å². The van der Waals surface area contributed by atoms with Gasteiger partial charge in [-0.3, -0.25) is 14.7 Å². The van der Waals surface area contributed by atoms with Gasteiger partial charge in [0.25, 0.3) is 0 Å². The maximum atomic E-state index is 13.3. The zero-order chi connectivity index (χ0) is 23.5. The number of carbonyl (C=O) groups is 3. The van der Waals surface area contributed by atoms with Crippen LogP contribution in [0.2, 0.25) is 0 Å². The van der Waals surface area contributed by atoms with Crippen LogP contribution in [0.25, 0.3) is 0 Å². The zero-order valence-corrected chi connectivity index (χ0v) is 18.2. The summed E-state index contributed by atoms with van der Waals surface area (Å²) in [4.78, 5) is 40.0. The molecule has 2 aliphatic heterocycles. The molecule has 0 radical (unpaired) electrons. The van der Waals surface area contributed by atoms with Crippen molar-refractivity contribution in [2.45, 2.75) is 25.6 Å². The molecule has 0 saturated carbocycles. The van der Waals surface area contributed by atoms with Crippen LogP contribution in [0.1, 0.15) is 18.9 Å². The van der Waals surface area contributed by atoms with E-state index in [1.165, 1.54) is 20.1 Å². The van der Waals surface area contributed by atoms with Crippen LogP contribution in [-0.4, -0.2) is 65.5 Å². The molecule has 2 aliphatic rings. The molecule has 2 heterocycles. The number of urea groups is 1. The Morgan fingerprint density at radius 2 is 2.00 bits per heavy atom. The van der Waals surface area contributed by atoms with Crippen LogP contribution in [-0.2, 0) is 25.6 Å². The quantitative estimate of drug-likeness (QED) is 0.412. The summed E-state index contributed by atoms with van der Waals surface area (Å²) in [6.45, 7) is 5.75. The molecular formula is C22H28N4O6. The van der Waals surface area contributed by atoms with E-state index >= 15 is 0 Å². The molecule has 2 unspecified atom stereocenters. The number of methoxy groups -OCH3 is 1. The van der Waals surface area contributed by atoms with Gasteiger partial charge in [0.05, 0.1) is 12.7 Å². The second-order valence-electron chi connectivity index (χ2n) is 7.82. The maximum Gasteiger partial charge on any atom is 0.337 e. The number of fused-ring (bicyclic) bond motifs is 1. The third kappa shape index (κ3) is 3.71. The Balaban J connectivity index is 2.12. The van der Waals surface area contributed by atoms with Crippen LogP contribution in [0, 0.1) is 5.41 Å². The monoisotopic (exact) mass is 444 g/mol. The Labute approximate surface area is 186 Å². The van der Waals surface area contributed by atoms with Crippen molar-refractivity contribution in [1.82, 2.24) is 15.3 Å². The Morgan fingerprint density at radius 3 is 2.59 bits per heavy atom. The molecular weight excluding hydrogens is 416 g/mol. The van der Waals surface area contributed by atoms with Gasteiger partial charge in [0.15, 0.2) is 11.1 Å². The lowest BCUT2D eigenvalue weighted by atomic mass is 9.69. The third-order valence-electron chi connectivity index (χ3n) is 5.96. The number of ether oxygens (including phenoxy) is 2. The van der Waals surface area contributed by atoms with E-state index in [0.717, 1.165) is 10.6 Å². The normalized spacial score (nSPS) is 25.2. The van der Waals surface area contributed by atoms with Gasteiger partial charge in [-0.15, -0.1) is 0 Å². The number of carbonyl (C=O) groups excluding carboxylic acids is 3. The van der Waals surface area contributed by atoms with Gasteiger partial charge in [-0.2, -0.15) is 0 Å². The van der Waals surface area contributed by atoms with Crippen molar-refractivity contribution in [1.29, 1.82) is 0 Å². The van der Waals surface area contributed by atoms with E-state index in [1.54, 1.807) is 0 Å². The number of benzene rings is 1. The Bertz CT molecular complexity index is 949. The summed E-state index contributed by atoms with van der Waals surface area (Å²) >= 11 is 0. The van der Waals surface area contributed by atoms with Gasteiger partial charge >= 0.3 is 18.0 Å². The zero-order valence-electron chi connectivity index (χ0n) is 18.2. The summed E-state index contributed by atoms with van der Waals surface area (Å²) in [5.74, 6) is -1.64. The van der Waals surface area contributed by atoms with Gasteiger partial charge in [-0.05, 0) is 12.5 Å². The van der Waals surface area contributed by atoms with Gasteiger partial charge in [0.1, 0.15) is 6.61 Å². The van der Waals surface area contributed by atoms with E-state index in [-0.39, 0.29) is 30.8 Å². The van der Waals surface area contributed by atoms with Crippen LogP contribution in [0.15, 0.2) is 54.3 Å². The van der Waals surface area contributed by atoms with Gasteiger partial charge in [0, 0.05) is 31.8 Å². The number of rotatable bonds is 7. The second-order valence-corrected chi connectivity index (χ2v) is 7.82. The van der Waals surface area contributed by atoms with Crippen molar-refractivity contribution in [2.24, 2.45) is 11.1 Å². The largest absolute Gasteiger partial charge is 0.468 e. The molecule has 10 heteroatoms. The van der Waals surface area contributed by atoms with E-state index in [4.69, 9.17) is 15.2 Å². The number of nitrogens with zero attached hydrogens (tertiary/aromatic N) is 2. The van der Waals surface area contributed by atoms with Crippen molar-refractivity contribution < 1.29 is 29.0 Å². The lowest BCUT2D eigenvalue weighted by molar-refractivity contribution is -0.214. The number of likely N-dealkylation sites (tertiary alicyclic amines) is 1. The lowest BCUT2D eigenvalue weighted by Crippen LogP contribution is -2.70. The highest BCUT2D eigenvalue weighted by molar-refractivity contribution is 6.01. The first kappa shape index (κ1) is 23.3. The lowest BCUT2D eigenvalue weighted by Gasteiger charge is -2.51. The molecule has 172 valence electrons. The first-order chi connectivity index (χ1) is 15.2. The molecule has 0 aromatic heterocycles. The molecule has 0 spiro atoms. The Kier molecular flexibility index (Phi) is 6.56. The van der Waals surface area contributed by atoms with E-state index in [9.17, 15) is 19.5 Å². The van der Waals surface area contributed by atoms with Crippen molar-refractivity contribution in [2.75, 3.05) is 26.8 Å². The fourth-order valence-corrected chi connectivity index (χ4v) is 4.64. The van der Waals surface area contributed by atoms with Crippen LogP contribution >= 0.6 is 0 Å². The summed E-state index contributed by atoms with van der Waals surface area (Å²) < 4.78 is 10.3. The minimum absolute atomic E-state index is 0.0186. The number of hydrazine groups is 1. The Morgan fingerprint density at radius 1 is 1.31 bits per heavy atom. The highest BCUT2D eigenvalue weighted by Crippen LogP contribution is 2.55. The predicted molar refractivity (Wildman–Crippen MR) is 114 cm³/mol. The molecule has 2 atom stereocenters. The maximum absolute atomic E-state index is 13.3. The number of esters is 2. The fraction of sp³-hybridized carbons (Fsp3) is 0.409. The number of nitrogens with two attached hydrogens (primary N) is 1. The summed E-state index contributed by atoms with van der Waals surface area (Å²) in [6.07, 6.45) is 1.41. The van der Waals surface area contributed by atoms with Gasteiger partial charge in [-0.1, -0.05) is 43.0 Å². The van der Waals surface area contributed by atoms with Gasteiger partial charge < -0.3 is 20.3 Å². The summed E-state index contributed by atoms with van der Waals surface area (Å²) in [5.41, 5.74) is 4.88. The highest BCUT2D eigenvalue weighted by Gasteiger charge is 2.71. The number of amides is 2. The smallest absolute Gasteiger partial charge is 0.337 e. The molecule has 0 aliphatic carbocycles. The van der Waals surface area contributed by atoms with Crippen molar-refractivity contribution in [3.05, 3.63) is 59.8 Å². The number of allylic oxidation sites excluding steroid dienone is 1. The average molecular weight is 444 g/mol. The van der Waals surface area contributed by atoms with E-state index in [2.05, 4.69) is 12.0 Å². The van der Waals surface area contributed by atoms with E-state index < -0.39 is 29.1 Å². The highest BCUT2D eigenvalue weighted by atomic mass is 16.5. The number of nitrogens with one attached hydrogen (secondary N) is 1. The SMILES string of the molecule is C=CCOC(=O)C1=C(C)N(NC(N)=O)C2(O)CCN(Cc3ccccc3)CC12C(=O)OC. The van der Waals surface area contributed by atoms with Crippen LogP contribution in [0.5, 0.6) is 0 Å². The van der Waals surface area contributed by atoms with Crippen molar-refractivity contribution in [3.63, 3.8) is 0 Å². The predicted octanol–water partition coefficient (Wildman–Crippen LogP) is 0.642. The molecule has 3 rings (SSSR count). The fourth-order valence-electron chi connectivity index (χ4n) is 4.64. The van der Waals surface area contributed by atoms with Crippen LogP contribution < -0.4 is 11.2 Å². The summed E-state index contributed by atoms with van der Waals surface area (Å²) in [6, 6.07) is 8.65. The van der Waals surface area contributed by atoms with Crippen LogP contribution in [0.3, 0.4) is 0 Å². The molecule has 4 N–H and O–H groups in total. The number of piperidine rings is 1. The Hall–Kier alpha value is -3.37. The molecule has 1 aromatic carbocycles. The minimum atomic E-state index is -1.99. The third-order valence-corrected chi connectivity index (χ3v) is 5.96. The van der Waals surface area contributed by atoms with Gasteiger partial charge in [0.2, 0.25) is 0 Å². The first-order valence-corrected chi connectivity index (χ1v) is 10.1. The molecule has 1 saturated heterocycles. The number of primary amides is 1. The summed E-state index contributed by atoms with van der Waals surface area (Å²) in [5, 5.41) is 12.9. The topological polar surface area (TPSA) is 134 Å². The van der Waals surface area contributed by atoms with E-state index in [0.29, 0.717) is 13.1 Å². The molecule has 1 fully saturated rings. The number of hydrogen-bond donors (Lipinski definition) is 3. The second kappa shape index (κ2) is 9.01. The average Bonchev–Trinajstić information content (AvgIpc) is 2.96. The number of hydrogen-bond acceptors (Lipinski definition) is 8. The molecule has 0 bridgehead atoms. The van der Waals surface area contributed by atoms with Crippen molar-refractivity contribution >= 4 is 18.0 Å². The van der Waals surface area contributed by atoms with E-state index in [1.807, 2.05) is 35.2 Å².